The highest BCUT2D eigenvalue weighted by atomic mass is 35.5. The van der Waals surface area contributed by atoms with Crippen molar-refractivity contribution in [3.05, 3.63) is 69.2 Å². The van der Waals surface area contributed by atoms with Gasteiger partial charge in [0, 0.05) is 21.2 Å². The molecule has 92 valence electrons. The van der Waals surface area contributed by atoms with Gasteiger partial charge in [-0.1, -0.05) is 23.2 Å². The summed E-state index contributed by atoms with van der Waals surface area (Å²) in [5.41, 5.74) is 0.255. The number of benzene rings is 2. The lowest BCUT2D eigenvalue weighted by Gasteiger charge is -2.03. The Labute approximate surface area is 112 Å². The largest absolute Gasteiger partial charge is 0.289 e. The molecule has 0 aliphatic heterocycles. The summed E-state index contributed by atoms with van der Waals surface area (Å²) in [7, 11) is 0. The van der Waals surface area contributed by atoms with Crippen LogP contribution in [0, 0.1) is 11.6 Å². The molecule has 0 bridgehead atoms. The Kier molecular flexibility index (Phi) is 3.64. The molecule has 0 fully saturated rings. The van der Waals surface area contributed by atoms with E-state index in [-0.39, 0.29) is 11.1 Å². The summed E-state index contributed by atoms with van der Waals surface area (Å²) >= 11 is 11.5. The lowest BCUT2D eigenvalue weighted by molar-refractivity contribution is 0.103. The molecule has 0 atom stereocenters. The molecule has 0 amide bonds. The van der Waals surface area contributed by atoms with Crippen LogP contribution in [0.15, 0.2) is 36.4 Å². The molecular weight excluding hydrogens is 281 g/mol. The van der Waals surface area contributed by atoms with E-state index in [9.17, 15) is 13.6 Å². The predicted octanol–water partition coefficient (Wildman–Crippen LogP) is 4.50. The Hall–Kier alpha value is -1.45. The molecule has 1 nitrogen and oxygen atoms in total. The maximum atomic E-state index is 13.0. The van der Waals surface area contributed by atoms with Crippen molar-refractivity contribution < 1.29 is 13.6 Å². The van der Waals surface area contributed by atoms with Crippen LogP contribution in [0.4, 0.5) is 8.78 Å². The standard InChI is InChI=1S/C13H6Cl2F2O/c14-9-3-8(4-10(15)6-9)13(18)7-1-2-11(16)12(17)5-7/h1-6H. The van der Waals surface area contributed by atoms with E-state index in [1.807, 2.05) is 0 Å². The van der Waals surface area contributed by atoms with Crippen LogP contribution in [0.25, 0.3) is 0 Å². The van der Waals surface area contributed by atoms with Crippen molar-refractivity contribution in [1.82, 2.24) is 0 Å². The Bertz CT molecular complexity index is 606. The first-order valence-electron chi connectivity index (χ1n) is 4.93. The van der Waals surface area contributed by atoms with Crippen molar-refractivity contribution in [3.8, 4) is 0 Å². The minimum Gasteiger partial charge on any atom is -0.289 e. The molecule has 0 aliphatic rings. The fraction of sp³-hybridized carbons (Fsp3) is 0. The molecule has 2 aromatic carbocycles. The molecule has 2 rings (SSSR count). The summed E-state index contributed by atoms with van der Waals surface area (Å²) < 4.78 is 25.8. The number of hydrogen-bond acceptors (Lipinski definition) is 1. The lowest BCUT2D eigenvalue weighted by Crippen LogP contribution is -2.02. The molecule has 0 aromatic heterocycles. The Morgan fingerprint density at radius 3 is 2.00 bits per heavy atom. The third kappa shape index (κ3) is 2.68. The smallest absolute Gasteiger partial charge is 0.193 e. The summed E-state index contributed by atoms with van der Waals surface area (Å²) in [4.78, 5) is 12.0. The number of carbonyl (C=O) groups excluding carboxylic acids is 1. The van der Waals surface area contributed by atoms with E-state index in [4.69, 9.17) is 23.2 Å². The zero-order chi connectivity index (χ0) is 13.3. The summed E-state index contributed by atoms with van der Waals surface area (Å²) in [5, 5.41) is 0.599. The quantitative estimate of drug-likeness (QED) is 0.743. The maximum absolute atomic E-state index is 13.0. The molecule has 2 aromatic rings. The summed E-state index contributed by atoms with van der Waals surface area (Å²) in [6.07, 6.45) is 0. The summed E-state index contributed by atoms with van der Waals surface area (Å²) in [6, 6.07) is 7.25. The first-order valence-corrected chi connectivity index (χ1v) is 5.69. The van der Waals surface area contributed by atoms with Gasteiger partial charge in [-0.2, -0.15) is 0 Å². The van der Waals surface area contributed by atoms with Crippen LogP contribution < -0.4 is 0 Å². The van der Waals surface area contributed by atoms with Gasteiger partial charge in [-0.05, 0) is 36.4 Å². The molecule has 0 unspecified atom stereocenters. The van der Waals surface area contributed by atoms with Gasteiger partial charge in [-0.25, -0.2) is 8.78 Å². The average molecular weight is 287 g/mol. The molecule has 5 heteroatoms. The van der Waals surface area contributed by atoms with Gasteiger partial charge in [-0.3, -0.25) is 4.79 Å². The van der Waals surface area contributed by atoms with Gasteiger partial charge in [0.2, 0.25) is 0 Å². The van der Waals surface area contributed by atoms with Crippen molar-refractivity contribution in [2.75, 3.05) is 0 Å². The van der Waals surface area contributed by atoms with E-state index in [2.05, 4.69) is 0 Å². The van der Waals surface area contributed by atoms with Gasteiger partial charge in [-0.15, -0.1) is 0 Å². The maximum Gasteiger partial charge on any atom is 0.193 e. The Morgan fingerprint density at radius 2 is 1.44 bits per heavy atom. The summed E-state index contributed by atoms with van der Waals surface area (Å²) in [5.74, 6) is -2.55. The minimum atomic E-state index is -1.08. The van der Waals surface area contributed by atoms with Crippen LogP contribution in [-0.2, 0) is 0 Å². The highest BCUT2D eigenvalue weighted by Crippen LogP contribution is 2.21. The van der Waals surface area contributed by atoms with Gasteiger partial charge < -0.3 is 0 Å². The zero-order valence-electron chi connectivity index (χ0n) is 8.88. The number of hydrogen-bond donors (Lipinski definition) is 0. The van der Waals surface area contributed by atoms with E-state index in [1.54, 1.807) is 0 Å². The highest BCUT2D eigenvalue weighted by Gasteiger charge is 2.13. The number of ketones is 1. The second-order valence-corrected chi connectivity index (χ2v) is 4.49. The highest BCUT2D eigenvalue weighted by molar-refractivity contribution is 6.35. The number of rotatable bonds is 2. The molecule has 0 saturated carbocycles. The van der Waals surface area contributed by atoms with Crippen molar-refractivity contribution >= 4 is 29.0 Å². The van der Waals surface area contributed by atoms with Crippen molar-refractivity contribution in [2.45, 2.75) is 0 Å². The lowest BCUT2D eigenvalue weighted by atomic mass is 10.0. The van der Waals surface area contributed by atoms with E-state index in [1.165, 1.54) is 24.3 Å². The Morgan fingerprint density at radius 1 is 0.833 bits per heavy atom. The molecule has 0 aliphatic carbocycles. The van der Waals surface area contributed by atoms with E-state index >= 15 is 0 Å². The molecule has 0 saturated heterocycles. The first kappa shape index (κ1) is 13.0. The molecule has 0 radical (unpaired) electrons. The molecule has 0 heterocycles. The topological polar surface area (TPSA) is 17.1 Å². The predicted molar refractivity (Wildman–Crippen MR) is 66.3 cm³/mol. The third-order valence-electron chi connectivity index (χ3n) is 2.31. The molecular formula is C13H6Cl2F2O. The second kappa shape index (κ2) is 5.04. The van der Waals surface area contributed by atoms with Gasteiger partial charge >= 0.3 is 0 Å². The van der Waals surface area contributed by atoms with E-state index in [0.717, 1.165) is 12.1 Å². The van der Waals surface area contributed by atoms with Gasteiger partial charge in [0.15, 0.2) is 17.4 Å². The fourth-order valence-corrected chi connectivity index (χ4v) is 2.02. The van der Waals surface area contributed by atoms with Gasteiger partial charge in [0.25, 0.3) is 0 Å². The number of carbonyl (C=O) groups is 1. The van der Waals surface area contributed by atoms with Gasteiger partial charge in [0.1, 0.15) is 0 Å². The van der Waals surface area contributed by atoms with Crippen LogP contribution in [0.3, 0.4) is 0 Å². The van der Waals surface area contributed by atoms with Crippen LogP contribution in [0.2, 0.25) is 10.0 Å². The van der Waals surface area contributed by atoms with Crippen LogP contribution >= 0.6 is 23.2 Å². The SMILES string of the molecule is O=C(c1cc(Cl)cc(Cl)c1)c1ccc(F)c(F)c1. The monoisotopic (exact) mass is 286 g/mol. The zero-order valence-corrected chi connectivity index (χ0v) is 10.4. The van der Waals surface area contributed by atoms with E-state index in [0.29, 0.717) is 10.0 Å². The molecule has 0 spiro atoms. The summed E-state index contributed by atoms with van der Waals surface area (Å²) in [6.45, 7) is 0. The number of halogens is 4. The van der Waals surface area contributed by atoms with Crippen molar-refractivity contribution in [2.24, 2.45) is 0 Å². The van der Waals surface area contributed by atoms with E-state index < -0.39 is 17.4 Å². The van der Waals surface area contributed by atoms with Crippen LogP contribution in [-0.4, -0.2) is 5.78 Å². The van der Waals surface area contributed by atoms with Crippen molar-refractivity contribution in [3.63, 3.8) is 0 Å². The third-order valence-corrected chi connectivity index (χ3v) is 2.74. The first-order chi connectivity index (χ1) is 8.47. The van der Waals surface area contributed by atoms with Crippen LogP contribution in [0.5, 0.6) is 0 Å². The average Bonchev–Trinajstić information content (AvgIpc) is 2.30. The molecule has 18 heavy (non-hydrogen) atoms. The minimum absolute atomic E-state index is 0.0345. The Balaban J connectivity index is 2.44. The fourth-order valence-electron chi connectivity index (χ4n) is 1.49. The van der Waals surface area contributed by atoms with Gasteiger partial charge in [0.05, 0.1) is 0 Å². The van der Waals surface area contributed by atoms with Crippen molar-refractivity contribution in [1.29, 1.82) is 0 Å². The normalized spacial score (nSPS) is 10.4. The second-order valence-electron chi connectivity index (χ2n) is 3.62. The van der Waals surface area contributed by atoms with Crippen LogP contribution in [0.1, 0.15) is 15.9 Å². The molecule has 0 N–H and O–H groups in total.